The van der Waals surface area contributed by atoms with Crippen molar-refractivity contribution in [2.75, 3.05) is 0 Å². The lowest BCUT2D eigenvalue weighted by molar-refractivity contribution is -0.163. The summed E-state index contributed by atoms with van der Waals surface area (Å²) in [6.45, 7) is 3.48. The molecular weight excluding hydrogens is 224 g/mol. The molecule has 1 rings (SSSR count). The second kappa shape index (κ2) is 4.73. The Morgan fingerprint density at radius 1 is 1.29 bits per heavy atom. The molecule has 1 atom stereocenters. The highest BCUT2D eigenvalue weighted by molar-refractivity contribution is 6.04. The van der Waals surface area contributed by atoms with E-state index < -0.39 is 29.2 Å². The Morgan fingerprint density at radius 3 is 2.06 bits per heavy atom. The van der Waals surface area contributed by atoms with E-state index in [9.17, 15) is 14.4 Å². The lowest BCUT2D eigenvalue weighted by Gasteiger charge is -2.37. The van der Waals surface area contributed by atoms with Gasteiger partial charge in [0.2, 0.25) is 11.8 Å². The third-order valence-electron chi connectivity index (χ3n) is 3.31. The largest absolute Gasteiger partial charge is 0.480 e. The molecule has 4 N–H and O–H groups in total. The normalized spacial score (nSPS) is 19.2. The maximum atomic E-state index is 11.9. The molecular formula is C11H18N2O4. The third kappa shape index (κ3) is 2.40. The van der Waals surface area contributed by atoms with Crippen molar-refractivity contribution in [3.8, 4) is 0 Å². The number of nitrogens with one attached hydrogen (secondary N) is 1. The molecule has 0 aliphatic heterocycles. The molecule has 6 nitrogen and oxygen atoms in total. The molecule has 6 heteroatoms. The Balaban J connectivity index is 2.77. The molecule has 1 aliphatic rings. The minimum atomic E-state index is -1.36. The first-order valence-corrected chi connectivity index (χ1v) is 5.65. The highest BCUT2D eigenvalue weighted by Crippen LogP contribution is 2.41. The molecule has 0 bridgehead atoms. The van der Waals surface area contributed by atoms with Crippen LogP contribution in [-0.4, -0.2) is 28.9 Å². The summed E-state index contributed by atoms with van der Waals surface area (Å²) in [6, 6.07) is -0.820. The lowest BCUT2D eigenvalue weighted by Crippen LogP contribution is -2.57. The van der Waals surface area contributed by atoms with Gasteiger partial charge in [0.05, 0.1) is 0 Å². The van der Waals surface area contributed by atoms with Crippen molar-refractivity contribution < 1.29 is 19.5 Å². The molecule has 1 aliphatic carbocycles. The Morgan fingerprint density at radius 2 is 1.82 bits per heavy atom. The Hall–Kier alpha value is -1.59. The van der Waals surface area contributed by atoms with Crippen LogP contribution >= 0.6 is 0 Å². The summed E-state index contributed by atoms with van der Waals surface area (Å²) in [5.41, 5.74) is 3.81. The highest BCUT2D eigenvalue weighted by atomic mass is 16.4. The van der Waals surface area contributed by atoms with Crippen LogP contribution in [0.1, 0.15) is 33.1 Å². The van der Waals surface area contributed by atoms with E-state index in [1.165, 1.54) is 0 Å². The molecule has 0 heterocycles. The van der Waals surface area contributed by atoms with Gasteiger partial charge in [-0.1, -0.05) is 20.3 Å². The smallest absolute Gasteiger partial charge is 0.319 e. The Bertz CT molecular complexity index is 347. The first-order chi connectivity index (χ1) is 7.81. The van der Waals surface area contributed by atoms with Crippen LogP contribution in [0.4, 0.5) is 0 Å². The number of rotatable bonds is 5. The molecule has 0 aromatic carbocycles. The number of nitrogens with two attached hydrogens (primary N) is 1. The van der Waals surface area contributed by atoms with Gasteiger partial charge in [-0.25, -0.2) is 0 Å². The lowest BCUT2D eigenvalue weighted by atomic mass is 9.68. The van der Waals surface area contributed by atoms with E-state index in [-0.39, 0.29) is 5.92 Å². The molecule has 0 saturated heterocycles. The number of aliphatic carboxylic acids is 1. The van der Waals surface area contributed by atoms with Gasteiger partial charge in [-0.3, -0.25) is 14.4 Å². The van der Waals surface area contributed by atoms with Crippen LogP contribution in [0.5, 0.6) is 0 Å². The van der Waals surface area contributed by atoms with E-state index >= 15 is 0 Å². The summed E-state index contributed by atoms with van der Waals surface area (Å²) in [4.78, 5) is 34.1. The number of carbonyl (C=O) groups excluding carboxylic acids is 2. The Labute approximate surface area is 99.6 Å². The van der Waals surface area contributed by atoms with Crippen molar-refractivity contribution in [2.45, 2.75) is 39.2 Å². The van der Waals surface area contributed by atoms with Crippen LogP contribution in [0.2, 0.25) is 0 Å². The van der Waals surface area contributed by atoms with Crippen LogP contribution < -0.4 is 11.1 Å². The van der Waals surface area contributed by atoms with E-state index in [4.69, 9.17) is 10.8 Å². The second-order valence-electron chi connectivity index (χ2n) is 4.84. The van der Waals surface area contributed by atoms with Gasteiger partial charge in [0.1, 0.15) is 11.5 Å². The zero-order valence-electron chi connectivity index (χ0n) is 10.0. The summed E-state index contributed by atoms with van der Waals surface area (Å²) >= 11 is 0. The van der Waals surface area contributed by atoms with Gasteiger partial charge in [-0.05, 0) is 18.8 Å². The summed E-state index contributed by atoms with van der Waals surface area (Å²) in [6.07, 6.45) is 1.35. The minimum absolute atomic E-state index is 0.164. The number of carboxylic acid groups (broad SMARTS) is 1. The number of hydrogen-bond donors (Lipinski definition) is 3. The molecule has 2 amide bonds. The predicted molar refractivity (Wildman–Crippen MR) is 59.9 cm³/mol. The van der Waals surface area contributed by atoms with Gasteiger partial charge in [-0.15, -0.1) is 0 Å². The van der Waals surface area contributed by atoms with Gasteiger partial charge in [0.15, 0.2) is 0 Å². The van der Waals surface area contributed by atoms with E-state index in [1.54, 1.807) is 13.8 Å². The minimum Gasteiger partial charge on any atom is -0.480 e. The fourth-order valence-corrected chi connectivity index (χ4v) is 1.91. The molecule has 0 aromatic rings. The average molecular weight is 242 g/mol. The van der Waals surface area contributed by atoms with Crippen molar-refractivity contribution in [3.63, 3.8) is 0 Å². The molecule has 0 spiro atoms. The maximum absolute atomic E-state index is 11.9. The van der Waals surface area contributed by atoms with Crippen LogP contribution in [0.25, 0.3) is 0 Å². The average Bonchev–Trinajstić information content (AvgIpc) is 2.10. The van der Waals surface area contributed by atoms with Gasteiger partial charge < -0.3 is 16.2 Å². The quantitative estimate of drug-likeness (QED) is 0.583. The fraction of sp³-hybridized carbons (Fsp3) is 0.727. The van der Waals surface area contributed by atoms with Gasteiger partial charge >= 0.3 is 5.97 Å². The van der Waals surface area contributed by atoms with Gasteiger partial charge in [-0.2, -0.15) is 0 Å². The van der Waals surface area contributed by atoms with E-state index in [2.05, 4.69) is 5.32 Å². The van der Waals surface area contributed by atoms with E-state index in [1.807, 2.05) is 0 Å². The van der Waals surface area contributed by atoms with Gasteiger partial charge in [0.25, 0.3) is 0 Å². The van der Waals surface area contributed by atoms with E-state index in [0.29, 0.717) is 19.3 Å². The maximum Gasteiger partial charge on any atom is 0.319 e. The SMILES string of the molecule is CC(C)C(NC(=O)C1(C(=O)O)CCC1)C(N)=O. The molecule has 1 saturated carbocycles. The van der Waals surface area contributed by atoms with Crippen LogP contribution in [0, 0.1) is 11.3 Å². The van der Waals surface area contributed by atoms with E-state index in [0.717, 1.165) is 0 Å². The zero-order chi connectivity index (χ0) is 13.2. The number of hydrogen-bond acceptors (Lipinski definition) is 3. The van der Waals surface area contributed by atoms with Crippen molar-refractivity contribution in [3.05, 3.63) is 0 Å². The van der Waals surface area contributed by atoms with Crippen molar-refractivity contribution in [2.24, 2.45) is 17.1 Å². The summed E-state index contributed by atoms with van der Waals surface area (Å²) < 4.78 is 0. The topological polar surface area (TPSA) is 109 Å². The van der Waals surface area contributed by atoms with Crippen LogP contribution in [0.3, 0.4) is 0 Å². The van der Waals surface area contributed by atoms with Crippen molar-refractivity contribution in [1.29, 1.82) is 0 Å². The first kappa shape index (κ1) is 13.5. The second-order valence-corrected chi connectivity index (χ2v) is 4.84. The predicted octanol–water partition coefficient (Wildman–Crippen LogP) is -0.133. The third-order valence-corrected chi connectivity index (χ3v) is 3.31. The number of carboxylic acids is 1. The summed E-state index contributed by atoms with van der Waals surface area (Å²) in [7, 11) is 0. The molecule has 17 heavy (non-hydrogen) atoms. The fourth-order valence-electron chi connectivity index (χ4n) is 1.91. The van der Waals surface area contributed by atoms with Crippen LogP contribution in [-0.2, 0) is 14.4 Å². The summed E-state index contributed by atoms with van der Waals surface area (Å²) in [5, 5.41) is 11.5. The monoisotopic (exact) mass is 242 g/mol. The standard InChI is InChI=1S/C11H18N2O4/c1-6(2)7(8(12)14)13-9(15)11(10(16)17)4-3-5-11/h6-7H,3-5H2,1-2H3,(H2,12,14)(H,13,15)(H,16,17). The van der Waals surface area contributed by atoms with Crippen molar-refractivity contribution >= 4 is 17.8 Å². The molecule has 96 valence electrons. The number of carbonyl (C=O) groups is 3. The zero-order valence-corrected chi connectivity index (χ0v) is 10.0. The van der Waals surface area contributed by atoms with Gasteiger partial charge in [0, 0.05) is 0 Å². The molecule has 1 fully saturated rings. The summed E-state index contributed by atoms with van der Waals surface area (Å²) in [5.74, 6) is -2.54. The molecule has 0 radical (unpaired) electrons. The molecule has 1 unspecified atom stereocenters. The van der Waals surface area contributed by atoms with Crippen LogP contribution in [0.15, 0.2) is 0 Å². The van der Waals surface area contributed by atoms with Crippen molar-refractivity contribution in [1.82, 2.24) is 5.32 Å². The number of primary amides is 1. The first-order valence-electron chi connectivity index (χ1n) is 5.65. The number of amides is 2. The highest BCUT2D eigenvalue weighted by Gasteiger charge is 2.51. The molecule has 0 aromatic heterocycles. The Kier molecular flexibility index (Phi) is 3.75.